The van der Waals surface area contributed by atoms with Gasteiger partial charge in [0.05, 0.1) is 17.9 Å². The van der Waals surface area contributed by atoms with E-state index < -0.39 is 35.6 Å². The molecule has 32 heavy (non-hydrogen) atoms. The van der Waals surface area contributed by atoms with E-state index >= 15 is 0 Å². The second-order valence-electron chi connectivity index (χ2n) is 8.15. The summed E-state index contributed by atoms with van der Waals surface area (Å²) < 4.78 is 11.1. The van der Waals surface area contributed by atoms with Gasteiger partial charge in [-0.2, -0.15) is 0 Å². The van der Waals surface area contributed by atoms with Gasteiger partial charge in [-0.05, 0) is 51.3 Å². The van der Waals surface area contributed by atoms with Crippen LogP contribution in [0.1, 0.15) is 43.7 Å². The standard InChI is InChI=1S/C25H24N2O5/c1-15(2)31-23(29)25(24(30)32-16(3)4)18-11-7-9-17-10-8-13-20(21(17)18)27(25)22(28)19-12-5-6-14-26-19/h5-16H,1-4H3. The molecule has 0 unspecified atom stereocenters. The molecule has 0 saturated heterocycles. The number of aromatic nitrogens is 1. The van der Waals surface area contributed by atoms with E-state index in [9.17, 15) is 14.4 Å². The Hall–Kier alpha value is -3.74. The first kappa shape index (κ1) is 21.5. The molecule has 164 valence electrons. The molecule has 0 aliphatic carbocycles. The van der Waals surface area contributed by atoms with Crippen molar-refractivity contribution >= 4 is 34.3 Å². The first-order valence-electron chi connectivity index (χ1n) is 10.5. The molecule has 1 aliphatic rings. The SMILES string of the molecule is CC(C)OC(=O)C1(C(=O)OC(C)C)c2cccc3cccc(c23)N1C(=O)c1ccccn1. The summed E-state index contributed by atoms with van der Waals surface area (Å²) in [5, 5.41) is 1.41. The molecule has 2 aromatic carbocycles. The van der Waals surface area contributed by atoms with Crippen LogP contribution in [0.5, 0.6) is 0 Å². The summed E-state index contributed by atoms with van der Waals surface area (Å²) >= 11 is 0. The summed E-state index contributed by atoms with van der Waals surface area (Å²) in [5.74, 6) is -2.34. The zero-order valence-corrected chi connectivity index (χ0v) is 18.4. The number of nitrogens with zero attached hydrogens (tertiary/aromatic N) is 2. The Kier molecular flexibility index (Phi) is 5.42. The first-order valence-corrected chi connectivity index (χ1v) is 10.5. The highest BCUT2D eigenvalue weighted by Gasteiger charge is 2.63. The number of esters is 2. The van der Waals surface area contributed by atoms with E-state index in [1.54, 1.807) is 64.1 Å². The van der Waals surface area contributed by atoms with Gasteiger partial charge in [-0.3, -0.25) is 14.7 Å². The van der Waals surface area contributed by atoms with Gasteiger partial charge in [0.25, 0.3) is 11.4 Å². The predicted molar refractivity (Wildman–Crippen MR) is 119 cm³/mol. The van der Waals surface area contributed by atoms with Gasteiger partial charge in [-0.15, -0.1) is 0 Å². The lowest BCUT2D eigenvalue weighted by atomic mass is 9.88. The van der Waals surface area contributed by atoms with Crippen molar-refractivity contribution in [3.8, 4) is 0 Å². The molecule has 1 aromatic heterocycles. The average Bonchev–Trinajstić information content (AvgIpc) is 3.06. The van der Waals surface area contributed by atoms with Crippen molar-refractivity contribution in [2.45, 2.75) is 45.4 Å². The Labute approximate surface area is 186 Å². The van der Waals surface area contributed by atoms with Crippen LogP contribution in [0.4, 0.5) is 5.69 Å². The molecule has 2 heterocycles. The summed E-state index contributed by atoms with van der Waals surface area (Å²) in [6, 6.07) is 15.5. The van der Waals surface area contributed by atoms with E-state index in [1.165, 1.54) is 17.2 Å². The maximum absolute atomic E-state index is 13.8. The molecule has 4 rings (SSSR count). The van der Waals surface area contributed by atoms with E-state index in [-0.39, 0.29) is 5.69 Å². The predicted octanol–water partition coefficient (Wildman–Crippen LogP) is 3.99. The van der Waals surface area contributed by atoms with Crippen LogP contribution in [-0.2, 0) is 24.6 Å². The zero-order valence-electron chi connectivity index (χ0n) is 18.4. The van der Waals surface area contributed by atoms with Gasteiger partial charge in [0.1, 0.15) is 5.69 Å². The maximum atomic E-state index is 13.8. The molecule has 0 N–H and O–H groups in total. The minimum Gasteiger partial charge on any atom is -0.461 e. The fourth-order valence-electron chi connectivity index (χ4n) is 4.06. The number of carbonyl (C=O) groups is 3. The van der Waals surface area contributed by atoms with Crippen LogP contribution in [0.3, 0.4) is 0 Å². The van der Waals surface area contributed by atoms with Crippen LogP contribution >= 0.6 is 0 Å². The van der Waals surface area contributed by atoms with E-state index in [0.717, 1.165) is 5.39 Å². The molecule has 1 amide bonds. The molecule has 0 radical (unpaired) electrons. The Morgan fingerprint density at radius 3 is 2.03 bits per heavy atom. The number of ether oxygens (including phenoxy) is 2. The van der Waals surface area contributed by atoms with Crippen molar-refractivity contribution in [3.05, 3.63) is 72.1 Å². The van der Waals surface area contributed by atoms with Crippen LogP contribution in [0.2, 0.25) is 0 Å². The fourth-order valence-corrected chi connectivity index (χ4v) is 4.06. The number of carbonyl (C=O) groups excluding carboxylic acids is 3. The number of hydrogen-bond acceptors (Lipinski definition) is 6. The summed E-state index contributed by atoms with van der Waals surface area (Å²) in [4.78, 5) is 46.6. The molecule has 7 nitrogen and oxygen atoms in total. The minimum absolute atomic E-state index is 0.0939. The molecule has 0 saturated carbocycles. The van der Waals surface area contributed by atoms with Gasteiger partial charge >= 0.3 is 11.9 Å². The number of hydrogen-bond donors (Lipinski definition) is 0. The molecule has 7 heteroatoms. The molecule has 1 aliphatic heterocycles. The van der Waals surface area contributed by atoms with Crippen molar-refractivity contribution < 1.29 is 23.9 Å². The molecule has 0 bridgehead atoms. The van der Waals surface area contributed by atoms with Crippen LogP contribution in [0.15, 0.2) is 60.8 Å². The van der Waals surface area contributed by atoms with Crippen molar-refractivity contribution in [1.82, 2.24) is 4.98 Å². The summed E-state index contributed by atoms with van der Waals surface area (Å²) in [5.41, 5.74) is -1.26. The molecule has 0 spiro atoms. The summed E-state index contributed by atoms with van der Waals surface area (Å²) in [6.07, 6.45) is 0.458. The van der Waals surface area contributed by atoms with Gasteiger partial charge in [-0.1, -0.05) is 36.4 Å². The second kappa shape index (κ2) is 8.07. The van der Waals surface area contributed by atoms with E-state index in [4.69, 9.17) is 9.47 Å². The molecule has 0 atom stereocenters. The maximum Gasteiger partial charge on any atom is 0.349 e. The smallest absolute Gasteiger partial charge is 0.349 e. The molecular formula is C25H24N2O5. The van der Waals surface area contributed by atoms with Gasteiger partial charge < -0.3 is 9.47 Å². The van der Waals surface area contributed by atoms with Crippen LogP contribution < -0.4 is 4.90 Å². The van der Waals surface area contributed by atoms with Crippen LogP contribution in [-0.4, -0.2) is 35.0 Å². The van der Waals surface area contributed by atoms with Crippen molar-refractivity contribution in [2.24, 2.45) is 0 Å². The Morgan fingerprint density at radius 2 is 1.47 bits per heavy atom. The number of pyridine rings is 1. The summed E-state index contributed by atoms with van der Waals surface area (Å²) in [7, 11) is 0. The fraction of sp³-hybridized carbons (Fsp3) is 0.280. The highest BCUT2D eigenvalue weighted by Crippen LogP contribution is 2.50. The lowest BCUT2D eigenvalue weighted by molar-refractivity contribution is -0.169. The first-order chi connectivity index (χ1) is 15.3. The van der Waals surface area contributed by atoms with Crippen molar-refractivity contribution in [1.29, 1.82) is 0 Å². The number of rotatable bonds is 5. The third kappa shape index (κ3) is 3.21. The Bertz CT molecular complexity index is 1180. The Morgan fingerprint density at radius 1 is 0.844 bits per heavy atom. The third-order valence-corrected chi connectivity index (χ3v) is 5.21. The van der Waals surface area contributed by atoms with Gasteiger partial charge in [-0.25, -0.2) is 9.59 Å². The highest BCUT2D eigenvalue weighted by molar-refractivity contribution is 6.26. The number of anilines is 1. The lowest BCUT2D eigenvalue weighted by Gasteiger charge is -2.36. The normalized spacial score (nSPS) is 14.1. The van der Waals surface area contributed by atoms with E-state index in [1.807, 2.05) is 12.1 Å². The molecule has 0 fully saturated rings. The van der Waals surface area contributed by atoms with E-state index in [0.29, 0.717) is 16.6 Å². The molecular weight excluding hydrogens is 408 g/mol. The topological polar surface area (TPSA) is 85.8 Å². The zero-order chi connectivity index (χ0) is 23.0. The van der Waals surface area contributed by atoms with Crippen molar-refractivity contribution in [3.63, 3.8) is 0 Å². The second-order valence-corrected chi connectivity index (χ2v) is 8.15. The number of amides is 1. The molecule has 3 aromatic rings. The van der Waals surface area contributed by atoms with Crippen LogP contribution in [0.25, 0.3) is 10.8 Å². The van der Waals surface area contributed by atoms with Gasteiger partial charge in [0.15, 0.2) is 0 Å². The average molecular weight is 432 g/mol. The number of benzene rings is 2. The highest BCUT2D eigenvalue weighted by atomic mass is 16.6. The van der Waals surface area contributed by atoms with Gasteiger partial charge in [0, 0.05) is 17.1 Å². The monoisotopic (exact) mass is 432 g/mol. The lowest BCUT2D eigenvalue weighted by Crippen LogP contribution is -2.60. The quantitative estimate of drug-likeness (QED) is 0.448. The third-order valence-electron chi connectivity index (χ3n) is 5.21. The largest absolute Gasteiger partial charge is 0.461 e. The Balaban J connectivity index is 2.06. The van der Waals surface area contributed by atoms with Gasteiger partial charge in [0.2, 0.25) is 0 Å². The van der Waals surface area contributed by atoms with Crippen molar-refractivity contribution in [2.75, 3.05) is 4.90 Å². The van der Waals surface area contributed by atoms with E-state index in [2.05, 4.69) is 4.98 Å². The van der Waals surface area contributed by atoms with Crippen LogP contribution in [0, 0.1) is 0 Å². The minimum atomic E-state index is -2.13. The summed E-state index contributed by atoms with van der Waals surface area (Å²) in [6.45, 7) is 6.75.